The number of phenols is 1. The molecule has 3 aromatic carbocycles. The SMILES string of the molecule is COc1cc(O)ccc1C1C2=CCC3C(=O)NC(=O)C3C2CC2C(=O)N(Nc3ccc(F)cc3)C(=O)C21c1ccc(Cl)cc1. The van der Waals surface area contributed by atoms with Crippen molar-refractivity contribution in [1.29, 1.82) is 0 Å². The highest BCUT2D eigenvalue weighted by Gasteiger charge is 2.70. The van der Waals surface area contributed by atoms with Gasteiger partial charge in [-0.15, -0.1) is 0 Å². The van der Waals surface area contributed by atoms with Crippen molar-refractivity contribution in [2.75, 3.05) is 12.5 Å². The van der Waals surface area contributed by atoms with Crippen molar-refractivity contribution in [1.82, 2.24) is 10.3 Å². The summed E-state index contributed by atoms with van der Waals surface area (Å²) >= 11 is 6.28. The van der Waals surface area contributed by atoms with E-state index in [-0.39, 0.29) is 24.5 Å². The molecule has 3 N–H and O–H groups in total. The third-order valence-electron chi connectivity index (χ3n) is 9.63. The van der Waals surface area contributed by atoms with E-state index in [1.54, 1.807) is 30.3 Å². The highest BCUT2D eigenvalue weighted by atomic mass is 35.5. The number of rotatable bonds is 5. The van der Waals surface area contributed by atoms with E-state index in [2.05, 4.69) is 10.7 Å². The van der Waals surface area contributed by atoms with Crippen molar-refractivity contribution in [2.45, 2.75) is 24.2 Å². The van der Waals surface area contributed by atoms with Crippen molar-refractivity contribution >= 4 is 40.9 Å². The number of ether oxygens (including phenoxy) is 1. The Morgan fingerprint density at radius 3 is 2.43 bits per heavy atom. The number of hydrazine groups is 1. The summed E-state index contributed by atoms with van der Waals surface area (Å²) in [5, 5.41) is 14.2. The van der Waals surface area contributed by atoms with Gasteiger partial charge >= 0.3 is 0 Å². The monoisotopic (exact) mass is 615 g/mol. The fourth-order valence-electron chi connectivity index (χ4n) is 7.85. The Balaban J connectivity index is 1.49. The Hall–Kier alpha value is -4.70. The molecule has 224 valence electrons. The van der Waals surface area contributed by atoms with Crippen LogP contribution in [0.3, 0.4) is 0 Å². The van der Waals surface area contributed by atoms with Gasteiger partial charge in [-0.3, -0.25) is 29.9 Å². The molecule has 4 amide bonds. The summed E-state index contributed by atoms with van der Waals surface area (Å²) in [6, 6.07) is 16.6. The molecule has 11 heteroatoms. The minimum Gasteiger partial charge on any atom is -0.508 e. The van der Waals surface area contributed by atoms with Crippen molar-refractivity contribution in [3.8, 4) is 11.5 Å². The highest BCUT2D eigenvalue weighted by Crippen LogP contribution is 2.64. The number of amides is 4. The van der Waals surface area contributed by atoms with E-state index >= 15 is 0 Å². The molecule has 2 aliphatic carbocycles. The van der Waals surface area contributed by atoms with Crippen molar-refractivity contribution < 1.29 is 33.4 Å². The number of phenolic OH excluding ortho intramolecular Hbond substituents is 1. The summed E-state index contributed by atoms with van der Waals surface area (Å²) in [4.78, 5) is 55.4. The molecule has 0 aromatic heterocycles. The zero-order chi connectivity index (χ0) is 30.9. The van der Waals surface area contributed by atoms with Crippen LogP contribution in [0.25, 0.3) is 0 Å². The Bertz CT molecular complexity index is 1760. The molecule has 1 saturated carbocycles. The molecule has 3 fully saturated rings. The number of imide groups is 2. The zero-order valence-electron chi connectivity index (χ0n) is 23.4. The van der Waals surface area contributed by atoms with E-state index in [4.69, 9.17) is 16.3 Å². The third kappa shape index (κ3) is 3.97. The van der Waals surface area contributed by atoms with Gasteiger partial charge in [0.05, 0.1) is 36.0 Å². The largest absolute Gasteiger partial charge is 0.508 e. The van der Waals surface area contributed by atoms with Gasteiger partial charge in [-0.05, 0) is 66.8 Å². The molecular formula is C33H27ClFN3O6. The number of nitrogens with zero attached hydrogens (tertiary/aromatic N) is 1. The maximum Gasteiger partial charge on any atom is 0.260 e. The number of aromatic hydroxyl groups is 1. The first-order chi connectivity index (χ1) is 21.1. The molecule has 2 saturated heterocycles. The second kappa shape index (κ2) is 10.2. The van der Waals surface area contributed by atoms with Crippen LogP contribution in [0.4, 0.5) is 10.1 Å². The quantitative estimate of drug-likeness (QED) is 0.286. The molecule has 44 heavy (non-hydrogen) atoms. The normalized spacial score (nSPS) is 29.0. The lowest BCUT2D eigenvalue weighted by Crippen LogP contribution is -2.53. The Labute approximate surface area is 256 Å². The van der Waals surface area contributed by atoms with Gasteiger partial charge in [0.25, 0.3) is 11.8 Å². The number of hydrogen-bond acceptors (Lipinski definition) is 7. The smallest absolute Gasteiger partial charge is 0.260 e. The summed E-state index contributed by atoms with van der Waals surface area (Å²) in [5.74, 6) is -5.69. The first-order valence-electron chi connectivity index (χ1n) is 14.2. The number of nitrogens with one attached hydrogen (secondary N) is 2. The first-order valence-corrected chi connectivity index (χ1v) is 14.6. The number of carbonyl (C=O) groups is 4. The van der Waals surface area contributed by atoms with E-state index in [1.165, 1.54) is 43.5 Å². The van der Waals surface area contributed by atoms with Crippen LogP contribution in [0.5, 0.6) is 11.5 Å². The van der Waals surface area contributed by atoms with Gasteiger partial charge in [0.2, 0.25) is 11.8 Å². The summed E-state index contributed by atoms with van der Waals surface area (Å²) in [5.41, 5.74) is 3.51. The molecule has 3 aromatic rings. The molecule has 0 spiro atoms. The summed E-state index contributed by atoms with van der Waals surface area (Å²) < 4.78 is 19.4. The van der Waals surface area contributed by atoms with E-state index in [9.17, 15) is 28.7 Å². The molecule has 2 heterocycles. The van der Waals surface area contributed by atoms with Gasteiger partial charge in [0, 0.05) is 22.6 Å². The van der Waals surface area contributed by atoms with Crippen LogP contribution in [0.15, 0.2) is 78.4 Å². The van der Waals surface area contributed by atoms with Crippen LogP contribution in [0, 0.1) is 29.5 Å². The van der Waals surface area contributed by atoms with Crippen LogP contribution < -0.4 is 15.5 Å². The van der Waals surface area contributed by atoms with Crippen LogP contribution in [-0.4, -0.2) is 40.9 Å². The average molecular weight is 616 g/mol. The van der Waals surface area contributed by atoms with Gasteiger partial charge in [-0.25, -0.2) is 4.39 Å². The molecule has 0 radical (unpaired) electrons. The minimum absolute atomic E-state index is 0.0538. The molecule has 6 atom stereocenters. The minimum atomic E-state index is -1.53. The molecule has 4 aliphatic rings. The first kappa shape index (κ1) is 28.1. The second-order valence-electron chi connectivity index (χ2n) is 11.7. The van der Waals surface area contributed by atoms with Crippen molar-refractivity contribution in [3.63, 3.8) is 0 Å². The topological polar surface area (TPSA) is 125 Å². The molecule has 7 rings (SSSR count). The number of hydrogen-bond donors (Lipinski definition) is 3. The van der Waals surface area contributed by atoms with E-state index in [1.807, 2.05) is 6.08 Å². The fourth-order valence-corrected chi connectivity index (χ4v) is 7.97. The van der Waals surface area contributed by atoms with Crippen LogP contribution in [-0.2, 0) is 24.6 Å². The lowest BCUT2D eigenvalue weighted by Gasteiger charge is -2.50. The number of allylic oxidation sites excluding steroid dienone is 2. The molecule has 0 bridgehead atoms. The summed E-state index contributed by atoms with van der Waals surface area (Å²) in [7, 11) is 1.45. The number of fused-ring (bicyclic) bond motifs is 4. The Morgan fingerprint density at radius 1 is 1.00 bits per heavy atom. The number of halogens is 2. The number of anilines is 1. The lowest BCUT2D eigenvalue weighted by molar-refractivity contribution is -0.138. The van der Waals surface area contributed by atoms with E-state index in [0.29, 0.717) is 27.6 Å². The van der Waals surface area contributed by atoms with Gasteiger partial charge < -0.3 is 9.84 Å². The predicted octanol–water partition coefficient (Wildman–Crippen LogP) is 4.47. The third-order valence-corrected chi connectivity index (χ3v) is 9.88. The van der Waals surface area contributed by atoms with Gasteiger partial charge in [-0.2, -0.15) is 5.01 Å². The maximum atomic E-state index is 15.0. The molecular weight excluding hydrogens is 589 g/mol. The highest BCUT2D eigenvalue weighted by molar-refractivity contribution is 6.30. The van der Waals surface area contributed by atoms with Crippen LogP contribution in [0.1, 0.15) is 29.9 Å². The molecule has 2 aliphatic heterocycles. The average Bonchev–Trinajstić information content (AvgIpc) is 3.42. The van der Waals surface area contributed by atoms with Gasteiger partial charge in [0.15, 0.2) is 0 Å². The molecule has 9 nitrogen and oxygen atoms in total. The maximum absolute atomic E-state index is 15.0. The van der Waals surface area contributed by atoms with E-state index < -0.39 is 58.5 Å². The van der Waals surface area contributed by atoms with Crippen LogP contribution >= 0.6 is 11.6 Å². The standard InChI is InChI=1S/C33H27ClFN3O6/c1-44-26-14-20(39)10-11-22(26)28-21-12-13-23-27(30(41)36-29(23)40)24(21)15-25-31(42)38(37-19-8-6-18(35)7-9-19)32(43)33(25,28)16-2-4-17(34)5-3-16/h2-12,14,23-25,27-28,37,39H,13,15H2,1H3,(H,36,40,41). The number of carbonyl (C=O) groups excluding carboxylic acids is 4. The lowest BCUT2D eigenvalue weighted by atomic mass is 9.49. The predicted molar refractivity (Wildman–Crippen MR) is 157 cm³/mol. The Kier molecular flexibility index (Phi) is 6.51. The molecule has 6 unspecified atom stereocenters. The second-order valence-corrected chi connectivity index (χ2v) is 12.1. The fraction of sp³-hybridized carbons (Fsp3) is 0.273. The Morgan fingerprint density at radius 2 is 1.73 bits per heavy atom. The van der Waals surface area contributed by atoms with Crippen molar-refractivity contribution in [2.24, 2.45) is 23.7 Å². The van der Waals surface area contributed by atoms with Crippen molar-refractivity contribution in [3.05, 3.63) is 100 Å². The zero-order valence-corrected chi connectivity index (χ0v) is 24.2. The number of benzene rings is 3. The summed E-state index contributed by atoms with van der Waals surface area (Å²) in [6.45, 7) is 0. The van der Waals surface area contributed by atoms with Crippen LogP contribution in [0.2, 0.25) is 5.02 Å². The summed E-state index contributed by atoms with van der Waals surface area (Å²) in [6.07, 6.45) is 2.33. The van der Waals surface area contributed by atoms with Gasteiger partial charge in [0.1, 0.15) is 17.3 Å². The number of methoxy groups -OCH3 is 1. The van der Waals surface area contributed by atoms with E-state index in [0.717, 1.165) is 10.6 Å². The van der Waals surface area contributed by atoms with Gasteiger partial charge in [-0.1, -0.05) is 41.4 Å².